The predicted molar refractivity (Wildman–Crippen MR) is 65.9 cm³/mol. The highest BCUT2D eigenvalue weighted by atomic mass is 19.1. The molecule has 0 radical (unpaired) electrons. The summed E-state index contributed by atoms with van der Waals surface area (Å²) < 4.78 is 19.1. The lowest BCUT2D eigenvalue weighted by Crippen LogP contribution is -2.26. The van der Waals surface area contributed by atoms with Gasteiger partial charge < -0.3 is 4.74 Å². The molecule has 0 aliphatic carbocycles. The summed E-state index contributed by atoms with van der Waals surface area (Å²) >= 11 is 0. The van der Waals surface area contributed by atoms with Gasteiger partial charge in [-0.1, -0.05) is 6.07 Å². The molecular weight excluding hydrogens is 219 g/mol. The molecule has 0 N–H and O–H groups in total. The third-order valence-corrected chi connectivity index (χ3v) is 2.90. The van der Waals surface area contributed by atoms with Crippen molar-refractivity contribution in [2.24, 2.45) is 0 Å². The standard InChI is InChI=1S/C14H19FO2/c1-9(2)17-13-7-6-11(8-12(13)15)14(4,5)10(3)16/h6-9H,1-5H3. The van der Waals surface area contributed by atoms with E-state index in [1.165, 1.54) is 13.0 Å². The van der Waals surface area contributed by atoms with Crippen LogP contribution in [0.15, 0.2) is 18.2 Å². The normalized spacial score (nSPS) is 11.7. The number of benzene rings is 1. The van der Waals surface area contributed by atoms with Crippen molar-refractivity contribution in [3.05, 3.63) is 29.6 Å². The number of carbonyl (C=O) groups is 1. The Bertz CT molecular complexity index is 422. The van der Waals surface area contributed by atoms with Gasteiger partial charge in [-0.3, -0.25) is 4.79 Å². The third kappa shape index (κ3) is 3.05. The second kappa shape index (κ2) is 4.86. The van der Waals surface area contributed by atoms with Gasteiger partial charge >= 0.3 is 0 Å². The molecule has 1 aromatic carbocycles. The van der Waals surface area contributed by atoms with Crippen LogP contribution in [0.1, 0.15) is 40.2 Å². The molecule has 0 saturated heterocycles. The van der Waals surface area contributed by atoms with Gasteiger partial charge in [0.2, 0.25) is 0 Å². The maximum Gasteiger partial charge on any atom is 0.165 e. The fourth-order valence-electron chi connectivity index (χ4n) is 1.44. The summed E-state index contributed by atoms with van der Waals surface area (Å²) in [5.41, 5.74) is -0.00407. The number of ether oxygens (including phenoxy) is 1. The number of halogens is 1. The Morgan fingerprint density at radius 1 is 1.35 bits per heavy atom. The maximum absolute atomic E-state index is 13.8. The molecule has 0 saturated carbocycles. The SMILES string of the molecule is CC(=O)C(C)(C)c1ccc(OC(C)C)c(F)c1. The zero-order valence-electron chi connectivity index (χ0n) is 11.0. The summed E-state index contributed by atoms with van der Waals surface area (Å²) in [6.45, 7) is 8.76. The number of ketones is 1. The van der Waals surface area contributed by atoms with E-state index in [0.717, 1.165) is 0 Å². The quantitative estimate of drug-likeness (QED) is 0.802. The van der Waals surface area contributed by atoms with E-state index in [-0.39, 0.29) is 17.6 Å². The van der Waals surface area contributed by atoms with Crippen molar-refractivity contribution in [2.75, 3.05) is 0 Å². The molecule has 0 unspecified atom stereocenters. The number of hydrogen-bond donors (Lipinski definition) is 0. The van der Waals surface area contributed by atoms with Crippen molar-refractivity contribution in [1.29, 1.82) is 0 Å². The molecule has 0 aromatic heterocycles. The summed E-state index contributed by atoms with van der Waals surface area (Å²) in [7, 11) is 0. The van der Waals surface area contributed by atoms with Gasteiger partial charge in [-0.25, -0.2) is 4.39 Å². The van der Waals surface area contributed by atoms with Crippen LogP contribution in [0.25, 0.3) is 0 Å². The van der Waals surface area contributed by atoms with Crippen molar-refractivity contribution in [2.45, 2.75) is 46.1 Å². The fraction of sp³-hybridized carbons (Fsp3) is 0.500. The lowest BCUT2D eigenvalue weighted by Gasteiger charge is -2.22. The lowest BCUT2D eigenvalue weighted by atomic mass is 9.81. The van der Waals surface area contributed by atoms with E-state index in [0.29, 0.717) is 5.56 Å². The van der Waals surface area contributed by atoms with Crippen LogP contribution in [-0.4, -0.2) is 11.9 Å². The molecule has 0 aliphatic heterocycles. The van der Waals surface area contributed by atoms with E-state index < -0.39 is 11.2 Å². The molecule has 17 heavy (non-hydrogen) atoms. The van der Waals surface area contributed by atoms with Crippen LogP contribution in [-0.2, 0) is 10.2 Å². The molecular formula is C14H19FO2. The second-order valence-electron chi connectivity index (χ2n) is 4.99. The van der Waals surface area contributed by atoms with Crippen LogP contribution in [0.2, 0.25) is 0 Å². The van der Waals surface area contributed by atoms with E-state index in [4.69, 9.17) is 4.74 Å². The number of hydrogen-bond acceptors (Lipinski definition) is 2. The molecule has 3 heteroatoms. The van der Waals surface area contributed by atoms with Gasteiger partial charge in [0.1, 0.15) is 5.78 Å². The van der Waals surface area contributed by atoms with Gasteiger partial charge in [-0.15, -0.1) is 0 Å². The highest BCUT2D eigenvalue weighted by Crippen LogP contribution is 2.28. The van der Waals surface area contributed by atoms with Crippen LogP contribution >= 0.6 is 0 Å². The van der Waals surface area contributed by atoms with Gasteiger partial charge in [0, 0.05) is 5.41 Å². The molecule has 0 spiro atoms. The van der Waals surface area contributed by atoms with Gasteiger partial charge in [-0.2, -0.15) is 0 Å². The maximum atomic E-state index is 13.8. The Labute approximate surface area is 102 Å². The summed E-state index contributed by atoms with van der Waals surface area (Å²) in [6, 6.07) is 4.69. The van der Waals surface area contributed by atoms with Gasteiger partial charge in [-0.05, 0) is 52.3 Å². The highest BCUT2D eigenvalue weighted by Gasteiger charge is 2.27. The summed E-state index contributed by atoms with van der Waals surface area (Å²) in [5.74, 6) is -0.192. The Hall–Kier alpha value is -1.38. The van der Waals surface area contributed by atoms with Crippen LogP contribution in [0.4, 0.5) is 4.39 Å². The van der Waals surface area contributed by atoms with Crippen molar-refractivity contribution >= 4 is 5.78 Å². The third-order valence-electron chi connectivity index (χ3n) is 2.90. The van der Waals surface area contributed by atoms with Gasteiger partial charge in [0.05, 0.1) is 6.10 Å². The van der Waals surface area contributed by atoms with E-state index >= 15 is 0 Å². The Morgan fingerprint density at radius 3 is 2.35 bits per heavy atom. The number of Topliss-reactive ketones (excluding diaryl/α,β-unsaturated/α-hetero) is 1. The first-order valence-corrected chi connectivity index (χ1v) is 5.73. The minimum atomic E-state index is -0.669. The predicted octanol–water partition coefficient (Wildman–Crippen LogP) is 3.48. The molecule has 1 rings (SSSR count). The van der Waals surface area contributed by atoms with E-state index in [2.05, 4.69) is 0 Å². The van der Waals surface area contributed by atoms with Gasteiger partial charge in [0.15, 0.2) is 11.6 Å². The largest absolute Gasteiger partial charge is 0.488 e. The van der Waals surface area contributed by atoms with Crippen molar-refractivity contribution in [3.8, 4) is 5.75 Å². The molecule has 2 nitrogen and oxygen atoms in total. The number of carbonyl (C=O) groups excluding carboxylic acids is 1. The van der Waals surface area contributed by atoms with E-state index in [9.17, 15) is 9.18 Å². The van der Waals surface area contributed by atoms with Crippen molar-refractivity contribution in [3.63, 3.8) is 0 Å². The summed E-state index contributed by atoms with van der Waals surface area (Å²) in [5, 5.41) is 0. The molecule has 0 atom stereocenters. The Balaban J connectivity index is 3.08. The molecule has 94 valence electrons. The topological polar surface area (TPSA) is 26.3 Å². The Morgan fingerprint density at radius 2 is 1.94 bits per heavy atom. The second-order valence-corrected chi connectivity index (χ2v) is 4.99. The van der Waals surface area contributed by atoms with Crippen molar-refractivity contribution < 1.29 is 13.9 Å². The first kappa shape index (κ1) is 13.7. The van der Waals surface area contributed by atoms with Crippen LogP contribution in [0.5, 0.6) is 5.75 Å². The van der Waals surface area contributed by atoms with E-state index in [1.54, 1.807) is 26.0 Å². The van der Waals surface area contributed by atoms with Crippen LogP contribution in [0, 0.1) is 5.82 Å². The molecule has 0 aliphatic rings. The summed E-state index contributed by atoms with van der Waals surface area (Å²) in [4.78, 5) is 11.5. The lowest BCUT2D eigenvalue weighted by molar-refractivity contribution is -0.121. The monoisotopic (exact) mass is 238 g/mol. The zero-order chi connectivity index (χ0) is 13.2. The zero-order valence-corrected chi connectivity index (χ0v) is 11.0. The molecule has 0 fully saturated rings. The smallest absolute Gasteiger partial charge is 0.165 e. The van der Waals surface area contributed by atoms with Crippen LogP contribution < -0.4 is 4.74 Å². The molecule has 0 bridgehead atoms. The minimum absolute atomic E-state index is 0.00873. The highest BCUT2D eigenvalue weighted by molar-refractivity contribution is 5.87. The number of rotatable bonds is 4. The molecule has 0 heterocycles. The molecule has 1 aromatic rings. The van der Waals surface area contributed by atoms with Crippen molar-refractivity contribution in [1.82, 2.24) is 0 Å². The van der Waals surface area contributed by atoms with Gasteiger partial charge in [0.25, 0.3) is 0 Å². The minimum Gasteiger partial charge on any atom is -0.488 e. The molecule has 0 amide bonds. The first-order chi connectivity index (χ1) is 7.75. The Kier molecular flexibility index (Phi) is 3.91. The fourth-order valence-corrected chi connectivity index (χ4v) is 1.44. The first-order valence-electron chi connectivity index (χ1n) is 5.73. The average Bonchev–Trinajstić information content (AvgIpc) is 2.20. The van der Waals surface area contributed by atoms with E-state index in [1.807, 2.05) is 13.8 Å². The average molecular weight is 238 g/mol. The summed E-state index contributed by atoms with van der Waals surface area (Å²) in [6.07, 6.45) is -0.0730. The van der Waals surface area contributed by atoms with Crippen LogP contribution in [0.3, 0.4) is 0 Å².